The molecule has 1 atom stereocenters. The summed E-state index contributed by atoms with van der Waals surface area (Å²) in [4.78, 5) is 0.642. The molecule has 1 aromatic carbocycles. The molecule has 1 rings (SSSR count). The number of nitrogens with two attached hydrogens (primary N) is 1. The highest BCUT2D eigenvalue weighted by Gasteiger charge is 2.09. The van der Waals surface area contributed by atoms with Crippen molar-refractivity contribution in [3.63, 3.8) is 0 Å². The largest absolute Gasteiger partial charge is 0.380 e. The van der Waals surface area contributed by atoms with Crippen molar-refractivity contribution in [3.05, 3.63) is 30.1 Å². The Bertz CT molecular complexity index is 325. The van der Waals surface area contributed by atoms with E-state index >= 15 is 0 Å². The van der Waals surface area contributed by atoms with E-state index in [-0.39, 0.29) is 11.9 Å². The Kier molecular flexibility index (Phi) is 7.19. The molecule has 1 unspecified atom stereocenters. The number of hydrogen-bond donors (Lipinski definition) is 2. The van der Waals surface area contributed by atoms with Gasteiger partial charge < -0.3 is 4.74 Å². The molecule has 1 aromatic rings. The van der Waals surface area contributed by atoms with Crippen molar-refractivity contribution in [2.75, 3.05) is 19.0 Å². The number of benzene rings is 1. The van der Waals surface area contributed by atoms with E-state index in [1.807, 2.05) is 6.07 Å². The van der Waals surface area contributed by atoms with Crippen LogP contribution in [0, 0.1) is 5.82 Å². The summed E-state index contributed by atoms with van der Waals surface area (Å²) in [6.07, 6.45) is 0.984. The number of hydrogen-bond acceptors (Lipinski definition) is 4. The predicted octanol–water partition coefficient (Wildman–Crippen LogP) is 2.18. The number of ether oxygens (including phenoxy) is 1. The summed E-state index contributed by atoms with van der Waals surface area (Å²) in [7, 11) is 0. The van der Waals surface area contributed by atoms with Gasteiger partial charge in [-0.3, -0.25) is 11.3 Å². The summed E-state index contributed by atoms with van der Waals surface area (Å²) < 4.78 is 18.8. The van der Waals surface area contributed by atoms with E-state index in [2.05, 4.69) is 12.3 Å². The molecule has 0 spiro atoms. The van der Waals surface area contributed by atoms with Crippen LogP contribution in [0.4, 0.5) is 4.39 Å². The molecule has 0 aromatic heterocycles. The molecule has 0 aliphatic carbocycles. The molecule has 0 amide bonds. The Morgan fingerprint density at radius 3 is 2.88 bits per heavy atom. The first kappa shape index (κ1) is 14.4. The fourth-order valence-electron chi connectivity index (χ4n) is 1.27. The average molecular weight is 258 g/mol. The zero-order valence-corrected chi connectivity index (χ0v) is 10.8. The fraction of sp³-hybridized carbons (Fsp3) is 0.500. The van der Waals surface area contributed by atoms with Gasteiger partial charge in [0, 0.05) is 17.3 Å². The normalized spacial score (nSPS) is 12.6. The Labute approximate surface area is 106 Å². The second kappa shape index (κ2) is 8.47. The topological polar surface area (TPSA) is 47.3 Å². The third-order valence-electron chi connectivity index (χ3n) is 2.18. The van der Waals surface area contributed by atoms with Gasteiger partial charge >= 0.3 is 0 Å². The summed E-state index contributed by atoms with van der Waals surface area (Å²) in [6.45, 7) is 3.33. The summed E-state index contributed by atoms with van der Waals surface area (Å²) >= 11 is 1.44. The third kappa shape index (κ3) is 5.50. The van der Waals surface area contributed by atoms with Gasteiger partial charge in [0.1, 0.15) is 5.82 Å². The second-order valence-electron chi connectivity index (χ2n) is 3.68. The Morgan fingerprint density at radius 2 is 2.24 bits per heavy atom. The maximum Gasteiger partial charge on any atom is 0.136 e. The van der Waals surface area contributed by atoms with Crippen LogP contribution in [-0.4, -0.2) is 25.0 Å². The van der Waals surface area contributed by atoms with E-state index in [4.69, 9.17) is 10.6 Å². The molecule has 0 aliphatic heterocycles. The minimum Gasteiger partial charge on any atom is -0.380 e. The number of halogens is 1. The molecular weight excluding hydrogens is 239 g/mol. The van der Waals surface area contributed by atoms with Crippen LogP contribution in [0.5, 0.6) is 0 Å². The van der Waals surface area contributed by atoms with Crippen molar-refractivity contribution in [2.45, 2.75) is 24.3 Å². The monoisotopic (exact) mass is 258 g/mol. The van der Waals surface area contributed by atoms with Gasteiger partial charge in [-0.2, -0.15) is 0 Å². The first-order valence-electron chi connectivity index (χ1n) is 5.69. The van der Waals surface area contributed by atoms with Crippen molar-refractivity contribution in [2.24, 2.45) is 5.84 Å². The molecule has 0 heterocycles. The van der Waals surface area contributed by atoms with Crippen molar-refractivity contribution in [3.8, 4) is 0 Å². The zero-order chi connectivity index (χ0) is 12.5. The van der Waals surface area contributed by atoms with E-state index in [1.165, 1.54) is 17.8 Å². The van der Waals surface area contributed by atoms with E-state index < -0.39 is 0 Å². The summed E-state index contributed by atoms with van der Waals surface area (Å²) in [5.74, 6) is 5.91. The van der Waals surface area contributed by atoms with Gasteiger partial charge in [0.15, 0.2) is 0 Å². The van der Waals surface area contributed by atoms with Gasteiger partial charge in [-0.25, -0.2) is 4.39 Å². The minimum absolute atomic E-state index is 0.0335. The summed E-state index contributed by atoms with van der Waals surface area (Å²) in [5.41, 5.74) is 2.68. The lowest BCUT2D eigenvalue weighted by Crippen LogP contribution is -2.40. The van der Waals surface area contributed by atoms with Crippen LogP contribution in [0.2, 0.25) is 0 Å². The van der Waals surface area contributed by atoms with Crippen molar-refractivity contribution >= 4 is 11.8 Å². The molecule has 0 bridgehead atoms. The standard InChI is InChI=1S/C12H19FN2OS/c1-2-7-16-8-10(15-14)9-17-12-6-4-3-5-11(12)13/h3-6,10,15H,2,7-9,14H2,1H3. The van der Waals surface area contributed by atoms with Crippen molar-refractivity contribution in [1.29, 1.82) is 0 Å². The first-order valence-corrected chi connectivity index (χ1v) is 6.67. The van der Waals surface area contributed by atoms with E-state index in [9.17, 15) is 4.39 Å². The number of nitrogens with one attached hydrogen (secondary N) is 1. The Morgan fingerprint density at radius 1 is 1.47 bits per heavy atom. The van der Waals surface area contributed by atoms with Gasteiger partial charge in [0.25, 0.3) is 0 Å². The number of hydrazine groups is 1. The summed E-state index contributed by atoms with van der Waals surface area (Å²) in [6, 6.07) is 6.76. The molecule has 17 heavy (non-hydrogen) atoms. The molecule has 3 N–H and O–H groups in total. The maximum absolute atomic E-state index is 13.3. The number of thioether (sulfide) groups is 1. The lowest BCUT2D eigenvalue weighted by Gasteiger charge is -2.15. The molecule has 0 radical (unpaired) electrons. The van der Waals surface area contributed by atoms with Gasteiger partial charge in [0.2, 0.25) is 0 Å². The highest BCUT2D eigenvalue weighted by atomic mass is 32.2. The van der Waals surface area contributed by atoms with Crippen LogP contribution in [0.25, 0.3) is 0 Å². The van der Waals surface area contributed by atoms with Crippen molar-refractivity contribution < 1.29 is 9.13 Å². The second-order valence-corrected chi connectivity index (χ2v) is 4.74. The lowest BCUT2D eigenvalue weighted by molar-refractivity contribution is 0.117. The highest BCUT2D eigenvalue weighted by Crippen LogP contribution is 2.21. The molecule has 3 nitrogen and oxygen atoms in total. The van der Waals surface area contributed by atoms with E-state index in [0.29, 0.717) is 17.3 Å². The van der Waals surface area contributed by atoms with Crippen molar-refractivity contribution in [1.82, 2.24) is 5.43 Å². The van der Waals surface area contributed by atoms with Gasteiger partial charge in [-0.1, -0.05) is 19.1 Å². The first-order chi connectivity index (χ1) is 8.27. The van der Waals surface area contributed by atoms with Crippen LogP contribution in [0.15, 0.2) is 29.2 Å². The molecule has 0 fully saturated rings. The van der Waals surface area contributed by atoms with Crippen LogP contribution in [-0.2, 0) is 4.74 Å². The van der Waals surface area contributed by atoms with Gasteiger partial charge in [-0.15, -0.1) is 11.8 Å². The smallest absolute Gasteiger partial charge is 0.136 e. The predicted molar refractivity (Wildman–Crippen MR) is 69.3 cm³/mol. The molecule has 0 aliphatic rings. The van der Waals surface area contributed by atoms with Crippen LogP contribution < -0.4 is 11.3 Å². The van der Waals surface area contributed by atoms with E-state index in [1.54, 1.807) is 12.1 Å². The molecule has 96 valence electrons. The SMILES string of the molecule is CCCOCC(CSc1ccccc1F)NN. The Balaban J connectivity index is 2.34. The van der Waals surface area contributed by atoms with Crippen LogP contribution in [0.1, 0.15) is 13.3 Å². The third-order valence-corrected chi connectivity index (χ3v) is 3.39. The van der Waals surface area contributed by atoms with E-state index in [0.717, 1.165) is 13.0 Å². The van der Waals surface area contributed by atoms with Gasteiger partial charge in [-0.05, 0) is 18.6 Å². The highest BCUT2D eigenvalue weighted by molar-refractivity contribution is 7.99. The fourth-order valence-corrected chi connectivity index (χ4v) is 2.22. The molecule has 5 heteroatoms. The minimum atomic E-state index is -0.192. The van der Waals surface area contributed by atoms with Gasteiger partial charge in [0.05, 0.1) is 12.6 Å². The van der Waals surface area contributed by atoms with Crippen LogP contribution in [0.3, 0.4) is 0 Å². The summed E-state index contributed by atoms with van der Waals surface area (Å²) in [5, 5.41) is 0. The maximum atomic E-state index is 13.3. The molecule has 0 saturated carbocycles. The lowest BCUT2D eigenvalue weighted by atomic mass is 10.3. The zero-order valence-electron chi connectivity index (χ0n) is 9.99. The van der Waals surface area contributed by atoms with Crippen LogP contribution >= 0.6 is 11.8 Å². The molecule has 0 saturated heterocycles. The quantitative estimate of drug-likeness (QED) is 0.325. The molecular formula is C12H19FN2OS. The average Bonchev–Trinajstić information content (AvgIpc) is 2.35. The Hall–Kier alpha value is -0.620. The number of rotatable bonds is 8.